The van der Waals surface area contributed by atoms with E-state index in [2.05, 4.69) is 27.4 Å². The van der Waals surface area contributed by atoms with Gasteiger partial charge >= 0.3 is 0 Å². The van der Waals surface area contributed by atoms with Crippen LogP contribution in [0.3, 0.4) is 0 Å². The van der Waals surface area contributed by atoms with Crippen molar-refractivity contribution in [2.24, 2.45) is 10.9 Å². The topological polar surface area (TPSA) is 65.7 Å². The van der Waals surface area contributed by atoms with Crippen molar-refractivity contribution in [1.29, 1.82) is 0 Å². The molecule has 1 aromatic heterocycles. The summed E-state index contributed by atoms with van der Waals surface area (Å²) in [4.78, 5) is 11.7. The van der Waals surface area contributed by atoms with E-state index in [1.165, 1.54) is 25.7 Å². The normalized spacial score (nSPS) is 19.6. The Morgan fingerprint density at radius 2 is 1.96 bits per heavy atom. The summed E-state index contributed by atoms with van der Waals surface area (Å²) in [6, 6.07) is 0.650. The Morgan fingerprint density at radius 3 is 2.52 bits per heavy atom. The average molecular weight is 461 g/mol. The van der Waals surface area contributed by atoms with E-state index in [4.69, 9.17) is 9.41 Å². The summed E-state index contributed by atoms with van der Waals surface area (Å²) in [5.74, 6) is 3.47. The lowest BCUT2D eigenvalue weighted by molar-refractivity contribution is 0.166. The second-order valence-electron chi connectivity index (χ2n) is 7.11. The van der Waals surface area contributed by atoms with Gasteiger partial charge in [-0.05, 0) is 65.5 Å². The van der Waals surface area contributed by atoms with Crippen molar-refractivity contribution in [3.63, 3.8) is 0 Å². The molecule has 6 nitrogen and oxygen atoms in total. The van der Waals surface area contributed by atoms with Crippen molar-refractivity contribution in [3.05, 3.63) is 17.3 Å². The third kappa shape index (κ3) is 6.44. The Bertz CT molecular complexity index is 542. The van der Waals surface area contributed by atoms with Gasteiger partial charge in [-0.25, -0.2) is 4.98 Å². The van der Waals surface area contributed by atoms with E-state index in [1.807, 2.05) is 13.8 Å². The zero-order valence-electron chi connectivity index (χ0n) is 15.7. The third-order valence-corrected chi connectivity index (χ3v) is 4.91. The first-order valence-corrected chi connectivity index (χ1v) is 9.34. The molecule has 7 heteroatoms. The van der Waals surface area contributed by atoms with Crippen LogP contribution in [0.25, 0.3) is 0 Å². The van der Waals surface area contributed by atoms with Gasteiger partial charge in [0.1, 0.15) is 5.76 Å². The van der Waals surface area contributed by atoms with Gasteiger partial charge in [0.15, 0.2) is 5.96 Å². The van der Waals surface area contributed by atoms with E-state index >= 15 is 0 Å². The zero-order chi connectivity index (χ0) is 16.9. The number of nitrogens with one attached hydrogen (secondary N) is 2. The molecule has 1 aliphatic heterocycles. The fraction of sp³-hybridized carbons (Fsp3) is 0.778. The average Bonchev–Trinajstić information content (AvgIpc) is 3.32. The van der Waals surface area contributed by atoms with Gasteiger partial charge in [-0.1, -0.05) is 0 Å². The van der Waals surface area contributed by atoms with E-state index in [0.29, 0.717) is 12.0 Å². The van der Waals surface area contributed by atoms with Crippen LogP contribution in [0.2, 0.25) is 0 Å². The van der Waals surface area contributed by atoms with Gasteiger partial charge in [0.05, 0.1) is 12.2 Å². The first kappa shape index (κ1) is 20.5. The minimum atomic E-state index is 0. The molecule has 0 spiro atoms. The Balaban J connectivity index is 0.00000225. The lowest BCUT2D eigenvalue weighted by atomic mass is 9.97. The molecule has 2 fully saturated rings. The highest BCUT2D eigenvalue weighted by atomic mass is 127. The Hall–Kier alpha value is -0.830. The number of aliphatic imine (C=N–C) groups is 1. The summed E-state index contributed by atoms with van der Waals surface area (Å²) < 4.78 is 5.70. The molecule has 0 amide bonds. The highest BCUT2D eigenvalue weighted by Gasteiger charge is 2.23. The summed E-state index contributed by atoms with van der Waals surface area (Å²) in [5.41, 5.74) is 1.01. The van der Waals surface area contributed by atoms with Crippen LogP contribution in [-0.4, -0.2) is 48.1 Å². The van der Waals surface area contributed by atoms with Crippen LogP contribution in [0.1, 0.15) is 50.0 Å². The number of likely N-dealkylation sites (tertiary alicyclic amines) is 1. The maximum atomic E-state index is 5.70. The number of hydrogen-bond acceptors (Lipinski definition) is 4. The molecule has 1 aliphatic carbocycles. The lowest BCUT2D eigenvalue weighted by Gasteiger charge is -2.30. The van der Waals surface area contributed by atoms with E-state index in [1.54, 1.807) is 0 Å². The van der Waals surface area contributed by atoms with Crippen molar-refractivity contribution >= 4 is 29.9 Å². The number of guanidine groups is 1. The smallest absolute Gasteiger partial charge is 0.208 e. The van der Waals surface area contributed by atoms with Crippen LogP contribution in [0.15, 0.2) is 9.41 Å². The van der Waals surface area contributed by atoms with E-state index in [9.17, 15) is 0 Å². The SMILES string of the molecule is CCNC(=NCC1CCN(Cc2nc(C)c(C)o2)CC1)NC1CC1.I. The van der Waals surface area contributed by atoms with Crippen LogP contribution in [0.5, 0.6) is 0 Å². The van der Waals surface area contributed by atoms with E-state index in [0.717, 1.165) is 56.0 Å². The molecule has 1 saturated carbocycles. The fourth-order valence-electron chi connectivity index (χ4n) is 3.09. The third-order valence-electron chi connectivity index (χ3n) is 4.91. The number of aryl methyl sites for hydroxylation is 2. The summed E-state index contributed by atoms with van der Waals surface area (Å²) in [6.07, 6.45) is 4.96. The van der Waals surface area contributed by atoms with Crippen LogP contribution in [-0.2, 0) is 6.54 Å². The van der Waals surface area contributed by atoms with Crippen molar-refractivity contribution in [2.75, 3.05) is 26.2 Å². The number of piperidine rings is 1. The molecule has 0 atom stereocenters. The van der Waals surface area contributed by atoms with Gasteiger partial charge in [0.2, 0.25) is 5.89 Å². The van der Waals surface area contributed by atoms with Crippen LogP contribution >= 0.6 is 24.0 Å². The molecule has 0 bridgehead atoms. The van der Waals surface area contributed by atoms with Gasteiger partial charge in [0, 0.05) is 19.1 Å². The summed E-state index contributed by atoms with van der Waals surface area (Å²) in [5, 5.41) is 6.84. The predicted octanol–water partition coefficient (Wildman–Crippen LogP) is 2.84. The Labute approximate surface area is 168 Å². The molecule has 0 aromatic carbocycles. The molecule has 2 heterocycles. The second-order valence-corrected chi connectivity index (χ2v) is 7.11. The number of hydrogen-bond donors (Lipinski definition) is 2. The molecule has 0 unspecified atom stereocenters. The van der Waals surface area contributed by atoms with Gasteiger partial charge in [-0.2, -0.15) is 0 Å². The van der Waals surface area contributed by atoms with Crippen LogP contribution < -0.4 is 10.6 Å². The monoisotopic (exact) mass is 461 g/mol. The lowest BCUT2D eigenvalue weighted by Crippen LogP contribution is -2.39. The molecule has 0 radical (unpaired) electrons. The number of oxazole rings is 1. The van der Waals surface area contributed by atoms with Crippen molar-refractivity contribution in [3.8, 4) is 0 Å². The maximum Gasteiger partial charge on any atom is 0.208 e. The van der Waals surface area contributed by atoms with Gasteiger partial charge in [0.25, 0.3) is 0 Å². The minimum Gasteiger partial charge on any atom is -0.444 e. The Morgan fingerprint density at radius 1 is 1.24 bits per heavy atom. The molecule has 142 valence electrons. The molecule has 1 aromatic rings. The van der Waals surface area contributed by atoms with Gasteiger partial charge in [-0.3, -0.25) is 9.89 Å². The van der Waals surface area contributed by atoms with Gasteiger partial charge < -0.3 is 15.1 Å². The largest absolute Gasteiger partial charge is 0.444 e. The first-order valence-electron chi connectivity index (χ1n) is 9.34. The van der Waals surface area contributed by atoms with Crippen molar-refractivity contribution in [2.45, 2.75) is 59.0 Å². The minimum absolute atomic E-state index is 0. The standard InChI is InChI=1S/C18H31N5O.HI/c1-4-19-18(22-16-5-6-16)20-11-15-7-9-23(10-8-15)12-17-21-13(2)14(3)24-17;/h15-16H,4-12H2,1-3H3,(H2,19,20,22);1H. The molecule has 2 aliphatic rings. The maximum absolute atomic E-state index is 5.70. The van der Waals surface area contributed by atoms with Crippen LogP contribution in [0.4, 0.5) is 0 Å². The highest BCUT2D eigenvalue weighted by Crippen LogP contribution is 2.21. The van der Waals surface area contributed by atoms with Gasteiger partial charge in [-0.15, -0.1) is 24.0 Å². The number of halogens is 1. The zero-order valence-corrected chi connectivity index (χ0v) is 18.0. The number of rotatable bonds is 6. The van der Waals surface area contributed by atoms with Crippen molar-refractivity contribution in [1.82, 2.24) is 20.5 Å². The fourth-order valence-corrected chi connectivity index (χ4v) is 3.09. The van der Waals surface area contributed by atoms with E-state index in [-0.39, 0.29) is 24.0 Å². The summed E-state index contributed by atoms with van der Waals surface area (Å²) in [7, 11) is 0. The number of aromatic nitrogens is 1. The van der Waals surface area contributed by atoms with E-state index < -0.39 is 0 Å². The van der Waals surface area contributed by atoms with Crippen molar-refractivity contribution < 1.29 is 4.42 Å². The quantitative estimate of drug-likeness (QED) is 0.388. The number of nitrogens with zero attached hydrogens (tertiary/aromatic N) is 3. The van der Waals surface area contributed by atoms with Crippen LogP contribution in [0, 0.1) is 19.8 Å². The molecule has 3 rings (SSSR count). The summed E-state index contributed by atoms with van der Waals surface area (Å²) in [6.45, 7) is 11.0. The molecular formula is C18H32IN5O. The molecule has 2 N–H and O–H groups in total. The molecule has 1 saturated heterocycles. The molecule has 25 heavy (non-hydrogen) atoms. The highest BCUT2D eigenvalue weighted by molar-refractivity contribution is 14.0. The second kappa shape index (κ2) is 9.75. The Kier molecular flexibility index (Phi) is 7.99. The predicted molar refractivity (Wildman–Crippen MR) is 112 cm³/mol. The molecular weight excluding hydrogens is 429 g/mol. The first-order chi connectivity index (χ1) is 11.6. The summed E-state index contributed by atoms with van der Waals surface area (Å²) >= 11 is 0.